The summed E-state index contributed by atoms with van der Waals surface area (Å²) in [6.45, 7) is 5.84. The molecular weight excluding hydrogens is 394 g/mol. The van der Waals surface area contributed by atoms with Gasteiger partial charge in [0.1, 0.15) is 6.42 Å². The predicted molar refractivity (Wildman–Crippen MR) is 117 cm³/mol. The van der Waals surface area contributed by atoms with Crippen molar-refractivity contribution in [3.8, 4) is 11.8 Å². The van der Waals surface area contributed by atoms with Crippen molar-refractivity contribution >= 4 is 17.8 Å². The first-order chi connectivity index (χ1) is 14.8. The molecule has 2 aromatic rings. The summed E-state index contributed by atoms with van der Waals surface area (Å²) in [5.41, 5.74) is 1.04. The second kappa shape index (κ2) is 11.0. The molecule has 2 aromatic carbocycles. The smallest absolute Gasteiger partial charge is 0.337 e. The number of esters is 2. The average molecular weight is 421 g/mol. The zero-order valence-electron chi connectivity index (χ0n) is 18.3. The van der Waals surface area contributed by atoms with Crippen LogP contribution in [0.4, 0.5) is 0 Å². The van der Waals surface area contributed by atoms with Gasteiger partial charge in [-0.1, -0.05) is 48.2 Å². The number of nitrogens with zero attached hydrogens (tertiary/aromatic N) is 1. The molecule has 0 atom stereocenters. The molecular formula is C25H27NO5. The van der Waals surface area contributed by atoms with Crippen LogP contribution in [0.15, 0.2) is 54.6 Å². The van der Waals surface area contributed by atoms with Gasteiger partial charge >= 0.3 is 11.9 Å². The standard InChI is InChI=1S/C25H27NO5/c1-5-31-23(28)17-22(27)26(18-20-10-7-6-8-11-20)25(2,3)15-14-19-12-9-13-21(16-19)24(29)30-4/h6-13,16H,5,17-18H2,1-4H3. The quantitative estimate of drug-likeness (QED) is 0.388. The summed E-state index contributed by atoms with van der Waals surface area (Å²) in [6.07, 6.45) is -0.358. The molecule has 0 N–H and O–H groups in total. The highest BCUT2D eigenvalue weighted by atomic mass is 16.5. The lowest BCUT2D eigenvalue weighted by Crippen LogP contribution is -2.47. The minimum Gasteiger partial charge on any atom is -0.466 e. The Hall–Kier alpha value is -3.59. The minimum absolute atomic E-state index is 0.213. The van der Waals surface area contributed by atoms with Crippen molar-refractivity contribution in [1.82, 2.24) is 4.90 Å². The van der Waals surface area contributed by atoms with Crippen molar-refractivity contribution in [3.63, 3.8) is 0 Å². The van der Waals surface area contributed by atoms with Crippen LogP contribution < -0.4 is 0 Å². The van der Waals surface area contributed by atoms with E-state index in [1.807, 2.05) is 44.2 Å². The summed E-state index contributed by atoms with van der Waals surface area (Å²) < 4.78 is 9.68. The molecule has 162 valence electrons. The SMILES string of the molecule is CCOC(=O)CC(=O)N(Cc1ccccc1)C(C)(C)C#Cc1cccc(C(=O)OC)c1. The molecule has 0 spiro atoms. The molecule has 0 aromatic heterocycles. The molecule has 0 aliphatic heterocycles. The molecule has 0 fully saturated rings. The number of amides is 1. The van der Waals surface area contributed by atoms with Crippen LogP contribution in [0.1, 0.15) is 48.7 Å². The van der Waals surface area contributed by atoms with Crippen LogP contribution in [0.5, 0.6) is 0 Å². The third-order valence-electron chi connectivity index (χ3n) is 4.56. The monoisotopic (exact) mass is 421 g/mol. The van der Waals surface area contributed by atoms with Crippen molar-refractivity contribution in [3.05, 3.63) is 71.3 Å². The van der Waals surface area contributed by atoms with Gasteiger partial charge in [-0.15, -0.1) is 0 Å². The Balaban J connectivity index is 2.33. The van der Waals surface area contributed by atoms with Gasteiger partial charge in [0.15, 0.2) is 0 Å². The molecule has 31 heavy (non-hydrogen) atoms. The van der Waals surface area contributed by atoms with Gasteiger partial charge in [0.05, 0.1) is 24.8 Å². The first-order valence-electron chi connectivity index (χ1n) is 9.98. The van der Waals surface area contributed by atoms with Crippen molar-refractivity contribution in [1.29, 1.82) is 0 Å². The van der Waals surface area contributed by atoms with Crippen LogP contribution in [0.3, 0.4) is 0 Å². The topological polar surface area (TPSA) is 72.9 Å². The van der Waals surface area contributed by atoms with Crippen LogP contribution >= 0.6 is 0 Å². The maximum atomic E-state index is 13.0. The highest BCUT2D eigenvalue weighted by Gasteiger charge is 2.31. The van der Waals surface area contributed by atoms with Gasteiger partial charge in [0.25, 0.3) is 0 Å². The van der Waals surface area contributed by atoms with E-state index in [0.717, 1.165) is 5.56 Å². The average Bonchev–Trinajstić information content (AvgIpc) is 2.76. The zero-order valence-corrected chi connectivity index (χ0v) is 18.3. The minimum atomic E-state index is -0.888. The van der Waals surface area contributed by atoms with E-state index in [1.54, 1.807) is 36.1 Å². The molecule has 0 radical (unpaired) electrons. The highest BCUT2D eigenvalue weighted by molar-refractivity contribution is 5.94. The number of rotatable bonds is 7. The second-order valence-electron chi connectivity index (χ2n) is 7.33. The Labute approximate surface area is 183 Å². The maximum Gasteiger partial charge on any atom is 0.337 e. The second-order valence-corrected chi connectivity index (χ2v) is 7.33. The van der Waals surface area contributed by atoms with Crippen LogP contribution in [-0.4, -0.2) is 42.0 Å². The number of hydrogen-bond donors (Lipinski definition) is 0. The number of ether oxygens (including phenoxy) is 2. The van der Waals surface area contributed by atoms with E-state index in [2.05, 4.69) is 11.8 Å². The number of carbonyl (C=O) groups is 3. The third kappa shape index (κ3) is 7.00. The van der Waals surface area contributed by atoms with Gasteiger partial charge in [-0.25, -0.2) is 4.79 Å². The lowest BCUT2D eigenvalue weighted by Gasteiger charge is -2.35. The lowest BCUT2D eigenvalue weighted by molar-refractivity contribution is -0.150. The molecule has 0 heterocycles. The van der Waals surface area contributed by atoms with Gasteiger partial charge in [0, 0.05) is 12.1 Å². The van der Waals surface area contributed by atoms with Crippen LogP contribution in [-0.2, 0) is 25.6 Å². The Kier molecular flexibility index (Phi) is 8.39. The normalized spacial score (nSPS) is 10.5. The molecule has 0 aliphatic carbocycles. The fraction of sp³-hybridized carbons (Fsp3) is 0.320. The Morgan fingerprint density at radius 2 is 1.74 bits per heavy atom. The molecule has 2 rings (SSSR count). The van der Waals surface area contributed by atoms with Gasteiger partial charge in [-0.2, -0.15) is 0 Å². The van der Waals surface area contributed by atoms with E-state index in [1.165, 1.54) is 7.11 Å². The van der Waals surface area contributed by atoms with Crippen molar-refractivity contribution < 1.29 is 23.9 Å². The summed E-state index contributed by atoms with van der Waals surface area (Å²) in [7, 11) is 1.32. The van der Waals surface area contributed by atoms with E-state index in [-0.39, 0.29) is 18.9 Å². The van der Waals surface area contributed by atoms with E-state index >= 15 is 0 Å². The summed E-state index contributed by atoms with van der Waals surface area (Å²) >= 11 is 0. The first kappa shape index (κ1) is 23.7. The Morgan fingerprint density at radius 3 is 2.39 bits per heavy atom. The fourth-order valence-electron chi connectivity index (χ4n) is 2.93. The van der Waals surface area contributed by atoms with E-state index in [4.69, 9.17) is 9.47 Å². The maximum absolute atomic E-state index is 13.0. The summed E-state index contributed by atoms with van der Waals surface area (Å²) in [4.78, 5) is 38.2. The Morgan fingerprint density at radius 1 is 1.03 bits per heavy atom. The number of benzene rings is 2. The number of hydrogen-bond acceptors (Lipinski definition) is 5. The number of carbonyl (C=O) groups excluding carboxylic acids is 3. The molecule has 0 bridgehead atoms. The highest BCUT2D eigenvalue weighted by Crippen LogP contribution is 2.20. The molecule has 0 aliphatic rings. The van der Waals surface area contributed by atoms with Gasteiger partial charge < -0.3 is 14.4 Å². The van der Waals surface area contributed by atoms with Gasteiger partial charge in [-0.3, -0.25) is 9.59 Å². The molecule has 0 unspecified atom stereocenters. The molecule has 0 saturated carbocycles. The van der Waals surface area contributed by atoms with E-state index < -0.39 is 17.5 Å². The summed E-state index contributed by atoms with van der Waals surface area (Å²) in [5.74, 6) is 4.77. The van der Waals surface area contributed by atoms with Crippen LogP contribution in [0, 0.1) is 11.8 Å². The van der Waals surface area contributed by atoms with Crippen molar-refractivity contribution in [2.75, 3.05) is 13.7 Å². The zero-order chi connectivity index (χ0) is 22.9. The fourth-order valence-corrected chi connectivity index (χ4v) is 2.93. The first-order valence-corrected chi connectivity index (χ1v) is 9.98. The van der Waals surface area contributed by atoms with Gasteiger partial charge in [0.2, 0.25) is 5.91 Å². The lowest BCUT2D eigenvalue weighted by atomic mass is 10.00. The van der Waals surface area contributed by atoms with Crippen molar-refractivity contribution in [2.24, 2.45) is 0 Å². The largest absolute Gasteiger partial charge is 0.466 e. The molecule has 6 heteroatoms. The number of methoxy groups -OCH3 is 1. The molecule has 1 amide bonds. The van der Waals surface area contributed by atoms with Crippen molar-refractivity contribution in [2.45, 2.75) is 39.3 Å². The summed E-state index contributed by atoms with van der Waals surface area (Å²) in [6, 6.07) is 16.3. The van der Waals surface area contributed by atoms with Gasteiger partial charge in [-0.05, 0) is 44.5 Å². The van der Waals surface area contributed by atoms with E-state index in [0.29, 0.717) is 17.7 Å². The van der Waals surface area contributed by atoms with Crippen LogP contribution in [0.25, 0.3) is 0 Å². The van der Waals surface area contributed by atoms with E-state index in [9.17, 15) is 14.4 Å². The third-order valence-corrected chi connectivity index (χ3v) is 4.56. The molecule has 0 saturated heterocycles. The van der Waals surface area contributed by atoms with Crippen LogP contribution in [0.2, 0.25) is 0 Å². The molecule has 6 nitrogen and oxygen atoms in total. The summed E-state index contributed by atoms with van der Waals surface area (Å²) in [5, 5.41) is 0. The predicted octanol–water partition coefficient (Wildman–Crippen LogP) is 3.59. The Bertz CT molecular complexity index is 986.